The van der Waals surface area contributed by atoms with Crippen molar-refractivity contribution >= 4 is 28.8 Å². The summed E-state index contributed by atoms with van der Waals surface area (Å²) in [6.07, 6.45) is 3.98. The average Bonchev–Trinajstić information content (AvgIpc) is 3.08. The van der Waals surface area contributed by atoms with E-state index in [0.29, 0.717) is 34.5 Å². The van der Waals surface area contributed by atoms with Crippen LogP contribution in [-0.4, -0.2) is 59.5 Å². The minimum atomic E-state index is 0.158. The van der Waals surface area contributed by atoms with E-state index in [2.05, 4.69) is 30.2 Å². The number of fused-ring (bicyclic) bond motifs is 2. The van der Waals surface area contributed by atoms with Gasteiger partial charge < -0.3 is 25.0 Å². The molecule has 32 heavy (non-hydrogen) atoms. The summed E-state index contributed by atoms with van der Waals surface area (Å²) < 4.78 is 10.8. The van der Waals surface area contributed by atoms with Gasteiger partial charge in [0.15, 0.2) is 17.8 Å². The van der Waals surface area contributed by atoms with E-state index in [-0.39, 0.29) is 6.79 Å². The Morgan fingerprint density at radius 2 is 1.88 bits per heavy atom. The number of aromatic nitrogens is 4. The summed E-state index contributed by atoms with van der Waals surface area (Å²) in [6.45, 7) is 1.81. The van der Waals surface area contributed by atoms with Crippen molar-refractivity contribution in [3.63, 3.8) is 0 Å². The van der Waals surface area contributed by atoms with E-state index in [9.17, 15) is 0 Å². The Bertz CT molecular complexity index is 1100. The fraction of sp³-hybridized carbons (Fsp3) is 0.364. The highest BCUT2D eigenvalue weighted by Crippen LogP contribution is 2.39. The van der Waals surface area contributed by atoms with Gasteiger partial charge in [-0.3, -0.25) is 0 Å². The number of rotatable bonds is 6. The molecule has 2 aliphatic rings. The number of nitrogens with zero attached hydrogens (tertiary/aromatic N) is 6. The summed E-state index contributed by atoms with van der Waals surface area (Å²) in [5.74, 6) is 1.11. The Morgan fingerprint density at radius 3 is 2.62 bits per heavy atom. The maximum Gasteiger partial charge on any atom is 0.188 e. The van der Waals surface area contributed by atoms with E-state index in [4.69, 9.17) is 26.8 Å². The van der Waals surface area contributed by atoms with Crippen LogP contribution in [0.1, 0.15) is 12.8 Å². The van der Waals surface area contributed by atoms with Crippen molar-refractivity contribution in [1.82, 2.24) is 20.4 Å². The maximum absolute atomic E-state index is 6.28. The Morgan fingerprint density at radius 1 is 1.09 bits per heavy atom. The van der Waals surface area contributed by atoms with Crippen molar-refractivity contribution in [2.24, 2.45) is 0 Å². The fourth-order valence-corrected chi connectivity index (χ4v) is 4.85. The van der Waals surface area contributed by atoms with E-state index < -0.39 is 0 Å². The zero-order valence-electron chi connectivity index (χ0n) is 17.7. The van der Waals surface area contributed by atoms with E-state index in [1.54, 1.807) is 13.3 Å². The van der Waals surface area contributed by atoms with Gasteiger partial charge in [-0.1, -0.05) is 23.7 Å². The number of ether oxygens (including phenoxy) is 2. The summed E-state index contributed by atoms with van der Waals surface area (Å²) in [7, 11) is 1.59. The lowest BCUT2D eigenvalue weighted by Crippen LogP contribution is -2.54. The molecule has 2 N–H and O–H groups in total. The zero-order valence-corrected chi connectivity index (χ0v) is 18.4. The minimum Gasteiger partial charge on any atom is -0.467 e. The highest BCUT2D eigenvalue weighted by atomic mass is 35.5. The molecule has 1 aromatic carbocycles. The van der Waals surface area contributed by atoms with E-state index in [1.165, 1.54) is 0 Å². The van der Waals surface area contributed by atoms with Crippen LogP contribution in [-0.2, 0) is 4.74 Å². The molecule has 9 nitrogen and oxygen atoms in total. The average molecular weight is 454 g/mol. The molecule has 2 saturated heterocycles. The lowest BCUT2D eigenvalue weighted by atomic mass is 10.1. The van der Waals surface area contributed by atoms with Crippen molar-refractivity contribution < 1.29 is 9.47 Å². The Labute approximate surface area is 191 Å². The van der Waals surface area contributed by atoms with E-state index in [0.717, 1.165) is 42.9 Å². The lowest BCUT2D eigenvalue weighted by molar-refractivity contribution is 0.0515. The molecule has 2 unspecified atom stereocenters. The number of hydrogen-bond acceptors (Lipinski definition) is 9. The Balaban J connectivity index is 1.43. The SMILES string of the molecule is COCOc1ccccc1-c1cc(N2CC3CCC(C2)N3c2cnnc(Cl)c2)c(N)nn1. The van der Waals surface area contributed by atoms with Gasteiger partial charge in [0.25, 0.3) is 0 Å². The van der Waals surface area contributed by atoms with Gasteiger partial charge in [0.2, 0.25) is 0 Å². The van der Waals surface area contributed by atoms with Crippen LogP contribution in [0.15, 0.2) is 42.6 Å². The molecule has 2 fully saturated rings. The molecule has 2 atom stereocenters. The zero-order chi connectivity index (χ0) is 22.1. The third kappa shape index (κ3) is 3.89. The topological polar surface area (TPSA) is 103 Å². The van der Waals surface area contributed by atoms with Gasteiger partial charge in [-0.15, -0.1) is 15.3 Å². The second kappa shape index (κ2) is 8.76. The van der Waals surface area contributed by atoms with Crippen molar-refractivity contribution in [2.45, 2.75) is 24.9 Å². The largest absolute Gasteiger partial charge is 0.467 e. The molecule has 166 valence electrons. The molecule has 0 aliphatic carbocycles. The first-order chi connectivity index (χ1) is 15.6. The number of halogens is 1. The lowest BCUT2D eigenvalue weighted by Gasteiger charge is -2.43. The number of anilines is 3. The van der Waals surface area contributed by atoms with Gasteiger partial charge in [-0.25, -0.2) is 0 Å². The first kappa shape index (κ1) is 20.7. The number of para-hydroxylation sites is 1. The predicted octanol–water partition coefficient (Wildman–Crippen LogP) is 3.01. The fourth-order valence-electron chi connectivity index (χ4n) is 4.70. The molecular weight excluding hydrogens is 430 g/mol. The van der Waals surface area contributed by atoms with Crippen molar-refractivity contribution in [2.75, 3.05) is 42.5 Å². The Hall–Kier alpha value is -3.17. The van der Waals surface area contributed by atoms with Crippen LogP contribution in [0.3, 0.4) is 0 Å². The van der Waals surface area contributed by atoms with Crippen LogP contribution < -0.4 is 20.3 Å². The first-order valence-corrected chi connectivity index (χ1v) is 10.9. The summed E-state index contributed by atoms with van der Waals surface area (Å²) in [5.41, 5.74) is 9.74. The minimum absolute atomic E-state index is 0.158. The molecule has 3 aromatic rings. The smallest absolute Gasteiger partial charge is 0.188 e. The molecule has 0 amide bonds. The van der Waals surface area contributed by atoms with Gasteiger partial charge in [0.05, 0.1) is 23.3 Å². The van der Waals surface area contributed by atoms with Crippen LogP contribution in [0.4, 0.5) is 17.2 Å². The third-order valence-electron chi connectivity index (χ3n) is 6.03. The number of nitrogens with two attached hydrogens (primary N) is 1. The molecule has 2 aromatic heterocycles. The highest BCUT2D eigenvalue weighted by Gasteiger charge is 2.41. The highest BCUT2D eigenvalue weighted by molar-refractivity contribution is 6.29. The van der Waals surface area contributed by atoms with E-state index in [1.807, 2.05) is 36.4 Å². The maximum atomic E-state index is 6.28. The number of benzene rings is 1. The van der Waals surface area contributed by atoms with Crippen LogP contribution in [0.2, 0.25) is 5.15 Å². The third-order valence-corrected chi connectivity index (χ3v) is 6.21. The first-order valence-electron chi connectivity index (χ1n) is 10.5. The Kier molecular flexibility index (Phi) is 5.67. The summed E-state index contributed by atoms with van der Waals surface area (Å²) in [4.78, 5) is 4.72. The monoisotopic (exact) mass is 453 g/mol. The van der Waals surface area contributed by atoms with Crippen molar-refractivity contribution in [3.05, 3.63) is 47.7 Å². The number of methoxy groups -OCH3 is 1. The van der Waals surface area contributed by atoms with Crippen LogP contribution >= 0.6 is 11.6 Å². The molecule has 2 bridgehead atoms. The predicted molar refractivity (Wildman–Crippen MR) is 123 cm³/mol. The second-order valence-electron chi connectivity index (χ2n) is 7.98. The van der Waals surface area contributed by atoms with Crippen LogP contribution in [0.5, 0.6) is 5.75 Å². The van der Waals surface area contributed by atoms with Gasteiger partial charge in [-0.2, -0.15) is 5.10 Å². The molecule has 0 saturated carbocycles. The van der Waals surface area contributed by atoms with Crippen LogP contribution in [0, 0.1) is 0 Å². The normalized spacial score (nSPS) is 19.9. The van der Waals surface area contributed by atoms with Gasteiger partial charge >= 0.3 is 0 Å². The molecule has 5 rings (SSSR count). The molecule has 0 radical (unpaired) electrons. The molecule has 0 spiro atoms. The molecule has 10 heteroatoms. The molecular formula is C22H24ClN7O2. The number of piperazine rings is 1. The van der Waals surface area contributed by atoms with Crippen molar-refractivity contribution in [3.8, 4) is 17.0 Å². The van der Waals surface area contributed by atoms with Gasteiger partial charge in [0.1, 0.15) is 5.75 Å². The van der Waals surface area contributed by atoms with Crippen LogP contribution in [0.25, 0.3) is 11.3 Å². The van der Waals surface area contributed by atoms with Gasteiger partial charge in [-0.05, 0) is 31.0 Å². The standard InChI is InChI=1S/C22H24ClN7O2/c1-31-13-32-20-5-3-2-4-17(20)18-9-19(22(24)28-26-18)29-11-14-6-7-15(12-29)30(14)16-8-21(23)27-25-10-16/h2-5,8-10,14-15H,6-7,11-13H2,1H3,(H2,24,28). The number of nitrogen functional groups attached to an aromatic ring is 1. The van der Waals surface area contributed by atoms with E-state index >= 15 is 0 Å². The van der Waals surface area contributed by atoms with Gasteiger partial charge in [0, 0.05) is 43.9 Å². The molecule has 4 heterocycles. The second-order valence-corrected chi connectivity index (χ2v) is 8.37. The van der Waals surface area contributed by atoms with Crippen molar-refractivity contribution in [1.29, 1.82) is 0 Å². The summed E-state index contributed by atoms with van der Waals surface area (Å²) in [6, 6.07) is 12.3. The quantitative estimate of drug-likeness (QED) is 0.564. The number of hydrogen-bond donors (Lipinski definition) is 1. The summed E-state index contributed by atoms with van der Waals surface area (Å²) >= 11 is 6.08. The summed E-state index contributed by atoms with van der Waals surface area (Å²) in [5, 5.41) is 16.9. The molecule has 2 aliphatic heterocycles.